The monoisotopic (exact) mass is 233 g/mol. The number of amides is 1. The molecule has 0 saturated carbocycles. The second kappa shape index (κ2) is 8.06. The first kappa shape index (κ1) is 14.9. The van der Waals surface area contributed by atoms with Gasteiger partial charge in [-0.1, -0.05) is 6.92 Å². The van der Waals surface area contributed by atoms with E-state index in [0.717, 1.165) is 0 Å². The van der Waals surface area contributed by atoms with Crippen molar-refractivity contribution < 1.29 is 24.5 Å². The summed E-state index contributed by atoms with van der Waals surface area (Å²) in [6.45, 7) is 2.55. The number of carbonyl (C=O) groups is 2. The second-order valence-electron chi connectivity index (χ2n) is 3.76. The molecule has 0 aromatic rings. The van der Waals surface area contributed by atoms with Crippen LogP contribution in [0, 0.1) is 5.92 Å². The molecule has 0 fully saturated rings. The molecule has 6 heteroatoms. The molecular weight excluding hydrogens is 214 g/mol. The van der Waals surface area contributed by atoms with Crippen molar-refractivity contribution in [1.29, 1.82) is 0 Å². The molecule has 0 radical (unpaired) electrons. The van der Waals surface area contributed by atoms with E-state index in [1.165, 1.54) is 0 Å². The van der Waals surface area contributed by atoms with Crippen LogP contribution in [0.2, 0.25) is 0 Å². The van der Waals surface area contributed by atoms with E-state index in [2.05, 4.69) is 5.32 Å². The molecule has 94 valence electrons. The van der Waals surface area contributed by atoms with Gasteiger partial charge in [-0.3, -0.25) is 4.79 Å². The lowest BCUT2D eigenvalue weighted by molar-refractivity contribution is -0.147. The number of nitrogens with one attached hydrogen (secondary N) is 1. The van der Waals surface area contributed by atoms with Gasteiger partial charge in [-0.15, -0.1) is 0 Å². The average Bonchev–Trinajstić information content (AvgIpc) is 2.17. The third-order valence-electron chi connectivity index (χ3n) is 2.01. The first-order valence-corrected chi connectivity index (χ1v) is 5.13. The number of carbonyl (C=O) groups excluding carboxylic acids is 1. The van der Waals surface area contributed by atoms with Gasteiger partial charge in [0.1, 0.15) is 0 Å². The molecule has 0 aliphatic carbocycles. The van der Waals surface area contributed by atoms with E-state index >= 15 is 0 Å². The van der Waals surface area contributed by atoms with Crippen molar-refractivity contribution in [1.82, 2.24) is 5.32 Å². The lowest BCUT2D eigenvalue weighted by Gasteiger charge is -2.11. The van der Waals surface area contributed by atoms with Crippen LogP contribution in [0.5, 0.6) is 0 Å². The summed E-state index contributed by atoms with van der Waals surface area (Å²) < 4.78 is 4.88. The molecule has 0 aliphatic rings. The van der Waals surface area contributed by atoms with E-state index in [-0.39, 0.29) is 24.8 Å². The van der Waals surface area contributed by atoms with E-state index in [9.17, 15) is 9.59 Å². The highest BCUT2D eigenvalue weighted by Crippen LogP contribution is 2.01. The van der Waals surface area contributed by atoms with Crippen molar-refractivity contribution in [3.05, 3.63) is 0 Å². The predicted molar refractivity (Wildman–Crippen MR) is 56.9 cm³/mol. The molecule has 0 aromatic carbocycles. The van der Waals surface area contributed by atoms with Gasteiger partial charge in [-0.2, -0.15) is 0 Å². The summed E-state index contributed by atoms with van der Waals surface area (Å²) in [7, 11) is 1.57. The molecule has 0 heterocycles. The van der Waals surface area contributed by atoms with Crippen LogP contribution in [-0.4, -0.2) is 48.5 Å². The Morgan fingerprint density at radius 2 is 2.06 bits per heavy atom. The first-order valence-electron chi connectivity index (χ1n) is 5.13. The number of methoxy groups -OCH3 is 1. The van der Waals surface area contributed by atoms with Crippen molar-refractivity contribution in [3.8, 4) is 0 Å². The van der Waals surface area contributed by atoms with Gasteiger partial charge in [0, 0.05) is 33.1 Å². The van der Waals surface area contributed by atoms with Crippen LogP contribution >= 0.6 is 0 Å². The standard InChI is InChI=1S/C10H19NO5/c1-7(6-16-2)5-9(13)11-4-3-8(12)10(14)15/h7-8,12H,3-6H2,1-2H3,(H,11,13)(H,14,15)/t7?,8-/m0/s1. The number of rotatable bonds is 8. The van der Waals surface area contributed by atoms with Gasteiger partial charge in [0.25, 0.3) is 0 Å². The lowest BCUT2D eigenvalue weighted by Crippen LogP contribution is -2.31. The average molecular weight is 233 g/mol. The zero-order valence-corrected chi connectivity index (χ0v) is 9.60. The van der Waals surface area contributed by atoms with Crippen molar-refractivity contribution >= 4 is 11.9 Å². The van der Waals surface area contributed by atoms with Gasteiger partial charge >= 0.3 is 5.97 Å². The Morgan fingerprint density at radius 1 is 1.44 bits per heavy atom. The maximum atomic E-state index is 11.3. The molecule has 1 unspecified atom stereocenters. The third kappa shape index (κ3) is 7.19. The minimum atomic E-state index is -1.42. The van der Waals surface area contributed by atoms with E-state index < -0.39 is 12.1 Å². The molecule has 3 N–H and O–H groups in total. The molecule has 16 heavy (non-hydrogen) atoms. The van der Waals surface area contributed by atoms with Gasteiger partial charge < -0.3 is 20.3 Å². The maximum absolute atomic E-state index is 11.3. The fourth-order valence-corrected chi connectivity index (χ4v) is 1.20. The molecule has 0 aromatic heterocycles. The summed E-state index contributed by atoms with van der Waals surface area (Å²) in [5, 5.41) is 19.9. The largest absolute Gasteiger partial charge is 0.479 e. The van der Waals surface area contributed by atoms with Crippen LogP contribution in [-0.2, 0) is 14.3 Å². The summed E-state index contributed by atoms with van der Waals surface area (Å²) >= 11 is 0. The van der Waals surface area contributed by atoms with E-state index in [1.807, 2.05) is 6.92 Å². The summed E-state index contributed by atoms with van der Waals surface area (Å²) in [5.41, 5.74) is 0. The Morgan fingerprint density at radius 3 is 2.56 bits per heavy atom. The number of hydrogen-bond acceptors (Lipinski definition) is 4. The molecule has 6 nitrogen and oxygen atoms in total. The highest BCUT2D eigenvalue weighted by Gasteiger charge is 2.13. The molecule has 0 rings (SSSR count). The number of carboxylic acid groups (broad SMARTS) is 1. The van der Waals surface area contributed by atoms with E-state index in [0.29, 0.717) is 13.0 Å². The Kier molecular flexibility index (Phi) is 7.49. The zero-order valence-electron chi connectivity index (χ0n) is 9.60. The molecular formula is C10H19NO5. The highest BCUT2D eigenvalue weighted by atomic mass is 16.5. The van der Waals surface area contributed by atoms with Gasteiger partial charge in [0.2, 0.25) is 5.91 Å². The molecule has 1 amide bonds. The van der Waals surface area contributed by atoms with Crippen LogP contribution < -0.4 is 5.32 Å². The SMILES string of the molecule is COCC(C)CC(=O)NCC[C@H](O)C(=O)O. The number of aliphatic carboxylic acids is 1. The number of aliphatic hydroxyl groups excluding tert-OH is 1. The Labute approximate surface area is 94.6 Å². The van der Waals surface area contributed by atoms with Gasteiger partial charge in [0.05, 0.1) is 0 Å². The van der Waals surface area contributed by atoms with Crippen molar-refractivity contribution in [2.75, 3.05) is 20.3 Å². The van der Waals surface area contributed by atoms with Crippen LogP contribution in [0.3, 0.4) is 0 Å². The highest BCUT2D eigenvalue weighted by molar-refractivity contribution is 5.76. The molecule has 0 aliphatic heterocycles. The number of hydrogen-bond donors (Lipinski definition) is 3. The normalized spacial score (nSPS) is 14.2. The predicted octanol–water partition coefficient (Wildman–Crippen LogP) is -0.389. The summed E-state index contributed by atoms with van der Waals surface area (Å²) in [6.07, 6.45) is -1.08. The zero-order chi connectivity index (χ0) is 12.6. The fraction of sp³-hybridized carbons (Fsp3) is 0.800. The lowest BCUT2D eigenvalue weighted by atomic mass is 10.1. The summed E-state index contributed by atoms with van der Waals surface area (Å²) in [6, 6.07) is 0. The molecule has 0 saturated heterocycles. The van der Waals surface area contributed by atoms with Gasteiger partial charge in [0.15, 0.2) is 6.10 Å². The first-order chi connectivity index (χ1) is 7.47. The summed E-state index contributed by atoms with van der Waals surface area (Å²) in [4.78, 5) is 21.5. The maximum Gasteiger partial charge on any atom is 0.332 e. The van der Waals surface area contributed by atoms with E-state index in [1.54, 1.807) is 7.11 Å². The quantitative estimate of drug-likeness (QED) is 0.530. The molecule has 0 bridgehead atoms. The van der Waals surface area contributed by atoms with Crippen molar-refractivity contribution in [3.63, 3.8) is 0 Å². The minimum Gasteiger partial charge on any atom is -0.479 e. The van der Waals surface area contributed by atoms with Gasteiger partial charge in [-0.05, 0) is 5.92 Å². The van der Waals surface area contributed by atoms with Crippen LogP contribution in [0.25, 0.3) is 0 Å². The van der Waals surface area contributed by atoms with Crippen molar-refractivity contribution in [2.45, 2.75) is 25.9 Å². The fourth-order valence-electron chi connectivity index (χ4n) is 1.20. The van der Waals surface area contributed by atoms with Crippen LogP contribution in [0.1, 0.15) is 19.8 Å². The minimum absolute atomic E-state index is 0.0136. The summed E-state index contributed by atoms with van der Waals surface area (Å²) in [5.74, 6) is -1.32. The topological polar surface area (TPSA) is 95.9 Å². The Bertz CT molecular complexity index is 231. The second-order valence-corrected chi connectivity index (χ2v) is 3.76. The third-order valence-corrected chi connectivity index (χ3v) is 2.01. The molecule has 0 spiro atoms. The Hall–Kier alpha value is -1.14. The van der Waals surface area contributed by atoms with Crippen LogP contribution in [0.15, 0.2) is 0 Å². The Balaban J connectivity index is 3.62. The van der Waals surface area contributed by atoms with Gasteiger partial charge in [-0.25, -0.2) is 4.79 Å². The van der Waals surface area contributed by atoms with Crippen LogP contribution in [0.4, 0.5) is 0 Å². The smallest absolute Gasteiger partial charge is 0.332 e. The van der Waals surface area contributed by atoms with Crippen molar-refractivity contribution in [2.24, 2.45) is 5.92 Å². The molecule has 2 atom stereocenters. The van der Waals surface area contributed by atoms with E-state index in [4.69, 9.17) is 14.9 Å². The number of ether oxygens (including phenoxy) is 1. The number of carboxylic acids is 1. The number of aliphatic hydroxyl groups is 1.